The van der Waals surface area contributed by atoms with E-state index in [0.29, 0.717) is 12.1 Å². The Bertz CT molecular complexity index is 254. The van der Waals surface area contributed by atoms with Gasteiger partial charge in [-0.3, -0.25) is 9.69 Å². The lowest BCUT2D eigenvalue weighted by molar-refractivity contribution is -0.139. The summed E-state index contributed by atoms with van der Waals surface area (Å²) in [6, 6.07) is 0.787. The number of rotatable bonds is 4. The van der Waals surface area contributed by atoms with Crippen molar-refractivity contribution < 1.29 is 9.90 Å². The van der Waals surface area contributed by atoms with E-state index in [9.17, 15) is 4.79 Å². The molecule has 1 saturated carbocycles. The van der Waals surface area contributed by atoms with Gasteiger partial charge in [0, 0.05) is 12.1 Å². The second kappa shape index (κ2) is 10.2. The molecule has 1 fully saturated rings. The lowest BCUT2D eigenvalue weighted by atomic mass is 9.96. The van der Waals surface area contributed by atoms with Crippen LogP contribution in [-0.2, 0) is 4.79 Å². The fraction of sp³-hybridized carbons (Fsp3) is 0.941. The second-order valence-electron chi connectivity index (χ2n) is 6.57. The average Bonchev–Trinajstić information content (AvgIpc) is 2.36. The minimum absolute atomic E-state index is 0.197. The molecule has 0 aromatic heterocycles. The molecule has 0 saturated heterocycles. The van der Waals surface area contributed by atoms with Gasteiger partial charge in [0.05, 0.1) is 6.54 Å². The molecule has 0 spiro atoms. The molecule has 0 aromatic carbocycles. The molecule has 118 valence electrons. The van der Waals surface area contributed by atoms with Gasteiger partial charge in [-0.05, 0) is 26.7 Å². The zero-order chi connectivity index (χ0) is 14.8. The third-order valence-corrected chi connectivity index (χ3v) is 4.52. The zero-order valence-electron chi connectivity index (χ0n) is 13.4. The van der Waals surface area contributed by atoms with Gasteiger partial charge in [0.1, 0.15) is 0 Å². The maximum atomic E-state index is 11.1. The highest BCUT2D eigenvalue weighted by molar-refractivity contribution is 5.69. The largest absolute Gasteiger partial charge is 0.480 e. The van der Waals surface area contributed by atoms with Crippen LogP contribution in [0.25, 0.3) is 0 Å². The molecule has 1 rings (SSSR count). The third-order valence-electron chi connectivity index (χ3n) is 4.52. The quantitative estimate of drug-likeness (QED) is 0.828. The van der Waals surface area contributed by atoms with Crippen LogP contribution in [0.2, 0.25) is 0 Å². The number of hydrogen-bond acceptors (Lipinski definition) is 2. The lowest BCUT2D eigenvalue weighted by Crippen LogP contribution is -2.43. The first-order chi connectivity index (χ1) is 9.61. The molecule has 0 atom stereocenters. The second-order valence-corrected chi connectivity index (χ2v) is 6.57. The van der Waals surface area contributed by atoms with Crippen LogP contribution in [0.1, 0.15) is 84.5 Å². The summed E-state index contributed by atoms with van der Waals surface area (Å²) in [7, 11) is 0. The van der Waals surface area contributed by atoms with Crippen molar-refractivity contribution in [3.8, 4) is 0 Å². The minimum atomic E-state index is -0.690. The van der Waals surface area contributed by atoms with Gasteiger partial charge in [-0.15, -0.1) is 0 Å². The molecule has 1 aliphatic rings. The van der Waals surface area contributed by atoms with E-state index in [0.717, 1.165) is 0 Å². The lowest BCUT2D eigenvalue weighted by Gasteiger charge is -2.34. The summed E-state index contributed by atoms with van der Waals surface area (Å²) in [5, 5.41) is 9.13. The van der Waals surface area contributed by atoms with Crippen LogP contribution in [0, 0.1) is 0 Å². The van der Waals surface area contributed by atoms with E-state index in [2.05, 4.69) is 18.7 Å². The van der Waals surface area contributed by atoms with Crippen molar-refractivity contribution in [2.24, 2.45) is 0 Å². The van der Waals surface area contributed by atoms with Crippen LogP contribution in [0.4, 0.5) is 0 Å². The molecular weight excluding hydrogens is 250 g/mol. The molecule has 0 aliphatic heterocycles. The summed E-state index contributed by atoms with van der Waals surface area (Å²) in [5.74, 6) is -0.690. The van der Waals surface area contributed by atoms with Crippen molar-refractivity contribution >= 4 is 5.97 Å². The van der Waals surface area contributed by atoms with Crippen molar-refractivity contribution in [2.45, 2.75) is 96.6 Å². The van der Waals surface area contributed by atoms with Crippen LogP contribution in [0.5, 0.6) is 0 Å². The van der Waals surface area contributed by atoms with Crippen LogP contribution in [-0.4, -0.2) is 34.6 Å². The van der Waals surface area contributed by atoms with Gasteiger partial charge in [0.2, 0.25) is 0 Å². The van der Waals surface area contributed by atoms with Gasteiger partial charge in [-0.25, -0.2) is 0 Å². The van der Waals surface area contributed by atoms with E-state index in [4.69, 9.17) is 5.11 Å². The Morgan fingerprint density at radius 2 is 1.35 bits per heavy atom. The maximum Gasteiger partial charge on any atom is 0.317 e. The average molecular weight is 283 g/mol. The predicted octanol–water partition coefficient (Wildman–Crippen LogP) is 4.45. The first-order valence-electron chi connectivity index (χ1n) is 8.59. The summed E-state index contributed by atoms with van der Waals surface area (Å²) in [4.78, 5) is 13.3. The fourth-order valence-electron chi connectivity index (χ4n) is 3.36. The van der Waals surface area contributed by atoms with E-state index in [1.807, 2.05) is 0 Å². The molecule has 0 bridgehead atoms. The van der Waals surface area contributed by atoms with Crippen LogP contribution >= 0.6 is 0 Å². The normalized spacial score (nSPS) is 20.6. The molecule has 0 heterocycles. The van der Waals surface area contributed by atoms with Gasteiger partial charge >= 0.3 is 5.97 Å². The highest BCUT2D eigenvalue weighted by Gasteiger charge is 2.22. The molecular formula is C17H33NO2. The first kappa shape index (κ1) is 17.5. The summed E-state index contributed by atoms with van der Waals surface area (Å²) in [5.41, 5.74) is 0. The van der Waals surface area contributed by atoms with Crippen molar-refractivity contribution in [3.05, 3.63) is 0 Å². The monoisotopic (exact) mass is 283 g/mol. The number of carbonyl (C=O) groups is 1. The highest BCUT2D eigenvalue weighted by atomic mass is 16.4. The Labute approximate surface area is 124 Å². The Balaban J connectivity index is 2.56. The van der Waals surface area contributed by atoms with E-state index in [1.165, 1.54) is 70.6 Å². The van der Waals surface area contributed by atoms with Gasteiger partial charge < -0.3 is 5.11 Å². The SMILES string of the molecule is CC(C)N(CC(=O)O)C1CCCCCCCCCCC1. The van der Waals surface area contributed by atoms with E-state index < -0.39 is 5.97 Å². The maximum absolute atomic E-state index is 11.1. The number of hydrogen-bond donors (Lipinski definition) is 1. The van der Waals surface area contributed by atoms with E-state index >= 15 is 0 Å². The van der Waals surface area contributed by atoms with E-state index in [1.54, 1.807) is 0 Å². The first-order valence-corrected chi connectivity index (χ1v) is 8.59. The summed E-state index contributed by atoms with van der Waals surface area (Å²) in [6.45, 7) is 4.44. The Morgan fingerprint density at radius 3 is 1.70 bits per heavy atom. The summed E-state index contributed by atoms with van der Waals surface area (Å²) in [6.07, 6.45) is 14.4. The molecule has 1 aliphatic carbocycles. The number of nitrogens with zero attached hydrogens (tertiary/aromatic N) is 1. The Kier molecular flexibility index (Phi) is 8.92. The minimum Gasteiger partial charge on any atom is -0.480 e. The molecule has 3 nitrogen and oxygen atoms in total. The van der Waals surface area contributed by atoms with Gasteiger partial charge in [0.15, 0.2) is 0 Å². The van der Waals surface area contributed by atoms with Crippen LogP contribution < -0.4 is 0 Å². The molecule has 1 N–H and O–H groups in total. The van der Waals surface area contributed by atoms with Crippen molar-refractivity contribution in [2.75, 3.05) is 6.54 Å². The van der Waals surface area contributed by atoms with Crippen molar-refractivity contribution in [3.63, 3.8) is 0 Å². The van der Waals surface area contributed by atoms with Gasteiger partial charge in [-0.1, -0.05) is 57.8 Å². The third kappa shape index (κ3) is 7.28. The molecule has 0 aromatic rings. The Morgan fingerprint density at radius 1 is 0.950 bits per heavy atom. The zero-order valence-corrected chi connectivity index (χ0v) is 13.4. The van der Waals surface area contributed by atoms with Gasteiger partial charge in [0.25, 0.3) is 0 Å². The molecule has 3 heteroatoms. The van der Waals surface area contributed by atoms with Crippen molar-refractivity contribution in [1.29, 1.82) is 0 Å². The molecule has 0 radical (unpaired) electrons. The topological polar surface area (TPSA) is 40.5 Å². The highest BCUT2D eigenvalue weighted by Crippen LogP contribution is 2.21. The molecule has 20 heavy (non-hydrogen) atoms. The van der Waals surface area contributed by atoms with E-state index in [-0.39, 0.29) is 6.54 Å². The summed E-state index contributed by atoms with van der Waals surface area (Å²) < 4.78 is 0. The Hall–Kier alpha value is -0.570. The van der Waals surface area contributed by atoms with Gasteiger partial charge in [-0.2, -0.15) is 0 Å². The van der Waals surface area contributed by atoms with Crippen LogP contribution in [0.15, 0.2) is 0 Å². The number of aliphatic carboxylic acids is 1. The standard InChI is InChI=1S/C17H33NO2/c1-15(2)18(14-17(19)20)16-12-10-8-6-4-3-5-7-9-11-13-16/h15-16H,3-14H2,1-2H3,(H,19,20). The predicted molar refractivity (Wildman–Crippen MR) is 84.1 cm³/mol. The molecule has 0 unspecified atom stereocenters. The molecule has 0 amide bonds. The fourth-order valence-corrected chi connectivity index (χ4v) is 3.36. The smallest absolute Gasteiger partial charge is 0.317 e. The number of carboxylic acid groups (broad SMARTS) is 1. The van der Waals surface area contributed by atoms with Crippen molar-refractivity contribution in [1.82, 2.24) is 4.90 Å². The number of carboxylic acids is 1. The van der Waals surface area contributed by atoms with Crippen LogP contribution in [0.3, 0.4) is 0 Å². The summed E-state index contributed by atoms with van der Waals surface area (Å²) >= 11 is 0.